The van der Waals surface area contributed by atoms with Gasteiger partial charge in [0.15, 0.2) is 0 Å². The van der Waals surface area contributed by atoms with Crippen LogP contribution in [0.3, 0.4) is 0 Å². The van der Waals surface area contributed by atoms with Crippen molar-refractivity contribution in [3.8, 4) is 5.69 Å². The maximum atomic E-state index is 5.77. The van der Waals surface area contributed by atoms with Gasteiger partial charge in [-0.3, -0.25) is 0 Å². The fourth-order valence-corrected chi connectivity index (χ4v) is 3.11. The highest BCUT2D eigenvalue weighted by Gasteiger charge is 2.17. The number of pyridine rings is 1. The van der Waals surface area contributed by atoms with Crippen LogP contribution in [0.25, 0.3) is 5.69 Å². The van der Waals surface area contributed by atoms with E-state index in [9.17, 15) is 0 Å². The summed E-state index contributed by atoms with van der Waals surface area (Å²) in [5, 5.41) is 8.46. The predicted octanol–water partition coefficient (Wildman–Crippen LogP) is 2.31. The van der Waals surface area contributed by atoms with Crippen LogP contribution in [-0.4, -0.2) is 33.1 Å². The van der Waals surface area contributed by atoms with E-state index < -0.39 is 0 Å². The number of rotatable bonds is 5. The van der Waals surface area contributed by atoms with Gasteiger partial charge in [-0.1, -0.05) is 25.5 Å². The summed E-state index contributed by atoms with van der Waals surface area (Å²) >= 11 is 0. The first-order chi connectivity index (χ1) is 11.2. The number of aromatic nitrogens is 4. The molecule has 2 aromatic rings. The van der Waals surface area contributed by atoms with E-state index in [0.717, 1.165) is 54.7 Å². The van der Waals surface area contributed by atoms with Gasteiger partial charge in [-0.25, -0.2) is 9.67 Å². The van der Waals surface area contributed by atoms with Crippen molar-refractivity contribution in [3.05, 3.63) is 29.7 Å². The highest BCUT2D eigenvalue weighted by molar-refractivity contribution is 5.44. The van der Waals surface area contributed by atoms with Crippen molar-refractivity contribution in [1.82, 2.24) is 20.0 Å². The molecule has 2 N–H and O–H groups in total. The molecule has 3 rings (SSSR count). The minimum atomic E-state index is 0.423. The average Bonchev–Trinajstić information content (AvgIpc) is 2.99. The monoisotopic (exact) mass is 314 g/mol. The smallest absolute Gasteiger partial charge is 0.128 e. The second-order valence-electron chi connectivity index (χ2n) is 6.39. The van der Waals surface area contributed by atoms with Gasteiger partial charge in [-0.2, -0.15) is 0 Å². The van der Waals surface area contributed by atoms with Crippen molar-refractivity contribution in [2.45, 2.75) is 46.1 Å². The van der Waals surface area contributed by atoms with Gasteiger partial charge in [0.05, 0.1) is 23.3 Å². The molecule has 0 bridgehead atoms. The van der Waals surface area contributed by atoms with Crippen LogP contribution >= 0.6 is 0 Å². The summed E-state index contributed by atoms with van der Waals surface area (Å²) in [6.45, 7) is 7.08. The zero-order chi connectivity index (χ0) is 16.2. The van der Waals surface area contributed by atoms with E-state index in [1.165, 1.54) is 12.8 Å². The molecule has 0 amide bonds. The van der Waals surface area contributed by atoms with Crippen molar-refractivity contribution >= 4 is 5.82 Å². The lowest BCUT2D eigenvalue weighted by atomic mass is 9.99. The minimum absolute atomic E-state index is 0.423. The summed E-state index contributed by atoms with van der Waals surface area (Å²) in [5.41, 5.74) is 8.69. The highest BCUT2D eigenvalue weighted by atomic mass is 15.4. The maximum absolute atomic E-state index is 5.77. The molecule has 6 nitrogen and oxygen atoms in total. The van der Waals surface area contributed by atoms with Crippen LogP contribution in [0, 0.1) is 5.92 Å². The van der Waals surface area contributed by atoms with Crippen molar-refractivity contribution < 1.29 is 0 Å². The standard InChI is InChI=1S/C17H26N6/c1-3-4-16-15(11-18)20-21-23(16)14-5-6-17(19-12-14)22-9-7-13(2)8-10-22/h5-6,12-13H,3-4,7-11,18H2,1-2H3. The zero-order valence-electron chi connectivity index (χ0n) is 14.1. The number of hydrogen-bond acceptors (Lipinski definition) is 5. The summed E-state index contributed by atoms with van der Waals surface area (Å²) in [7, 11) is 0. The fourth-order valence-electron chi connectivity index (χ4n) is 3.11. The number of piperidine rings is 1. The molecule has 0 atom stereocenters. The molecule has 1 saturated heterocycles. The van der Waals surface area contributed by atoms with Crippen molar-refractivity contribution in [2.75, 3.05) is 18.0 Å². The second kappa shape index (κ2) is 7.08. The number of nitrogens with zero attached hydrogens (tertiary/aromatic N) is 5. The van der Waals surface area contributed by atoms with Gasteiger partial charge < -0.3 is 10.6 Å². The summed E-state index contributed by atoms with van der Waals surface area (Å²) in [6, 6.07) is 4.17. The highest BCUT2D eigenvalue weighted by Crippen LogP contribution is 2.22. The van der Waals surface area contributed by atoms with E-state index in [1.54, 1.807) is 0 Å². The lowest BCUT2D eigenvalue weighted by Crippen LogP contribution is -2.33. The van der Waals surface area contributed by atoms with Gasteiger partial charge in [-0.05, 0) is 37.3 Å². The fraction of sp³-hybridized carbons (Fsp3) is 0.588. The predicted molar refractivity (Wildman–Crippen MR) is 91.7 cm³/mol. The lowest BCUT2D eigenvalue weighted by molar-refractivity contribution is 0.436. The summed E-state index contributed by atoms with van der Waals surface area (Å²) in [5.74, 6) is 1.88. The van der Waals surface area contributed by atoms with Crippen LogP contribution in [0.15, 0.2) is 18.3 Å². The molecule has 1 aliphatic rings. The van der Waals surface area contributed by atoms with Crippen molar-refractivity contribution in [2.24, 2.45) is 11.7 Å². The quantitative estimate of drug-likeness (QED) is 0.917. The van der Waals surface area contributed by atoms with E-state index in [4.69, 9.17) is 5.73 Å². The number of nitrogens with two attached hydrogens (primary N) is 1. The van der Waals surface area contributed by atoms with Crippen molar-refractivity contribution in [1.29, 1.82) is 0 Å². The second-order valence-corrected chi connectivity index (χ2v) is 6.39. The third-order valence-corrected chi connectivity index (χ3v) is 4.61. The number of anilines is 1. The lowest BCUT2D eigenvalue weighted by Gasteiger charge is -2.31. The van der Waals surface area contributed by atoms with Gasteiger partial charge in [0, 0.05) is 19.6 Å². The molecule has 3 heterocycles. The first-order valence-corrected chi connectivity index (χ1v) is 8.57. The van der Waals surface area contributed by atoms with E-state index in [1.807, 2.05) is 10.9 Å². The molecule has 0 aromatic carbocycles. The zero-order valence-corrected chi connectivity index (χ0v) is 14.1. The van der Waals surface area contributed by atoms with Gasteiger partial charge in [0.25, 0.3) is 0 Å². The van der Waals surface area contributed by atoms with Crippen LogP contribution in [0.5, 0.6) is 0 Å². The molecule has 0 radical (unpaired) electrons. The number of hydrogen-bond donors (Lipinski definition) is 1. The normalized spacial score (nSPS) is 16.0. The largest absolute Gasteiger partial charge is 0.357 e. The Hall–Kier alpha value is -1.95. The Kier molecular flexibility index (Phi) is 4.91. The Bertz CT molecular complexity index is 625. The molecule has 2 aromatic heterocycles. The minimum Gasteiger partial charge on any atom is -0.357 e. The van der Waals surface area contributed by atoms with Crippen LogP contribution in [-0.2, 0) is 13.0 Å². The Morgan fingerprint density at radius 2 is 2.04 bits per heavy atom. The Balaban J connectivity index is 1.81. The van der Waals surface area contributed by atoms with Gasteiger partial charge in [0.1, 0.15) is 5.82 Å². The topological polar surface area (TPSA) is 72.9 Å². The molecule has 6 heteroatoms. The molecule has 1 aliphatic heterocycles. The Labute approximate surface area is 137 Å². The van der Waals surface area contributed by atoms with E-state index in [0.29, 0.717) is 6.54 Å². The Morgan fingerprint density at radius 3 is 2.65 bits per heavy atom. The molecule has 124 valence electrons. The maximum Gasteiger partial charge on any atom is 0.128 e. The average molecular weight is 314 g/mol. The first-order valence-electron chi connectivity index (χ1n) is 8.57. The molecule has 23 heavy (non-hydrogen) atoms. The van der Waals surface area contributed by atoms with Crippen LogP contribution in [0.4, 0.5) is 5.82 Å². The summed E-state index contributed by atoms with van der Waals surface area (Å²) < 4.78 is 1.88. The molecular formula is C17H26N6. The molecule has 0 spiro atoms. The van der Waals surface area contributed by atoms with E-state index >= 15 is 0 Å². The SMILES string of the molecule is CCCc1c(CN)nnn1-c1ccc(N2CCC(C)CC2)nc1. The first kappa shape index (κ1) is 15.9. The molecule has 0 aliphatic carbocycles. The van der Waals surface area contributed by atoms with Gasteiger partial charge in [-0.15, -0.1) is 5.10 Å². The van der Waals surface area contributed by atoms with Crippen LogP contribution < -0.4 is 10.6 Å². The van der Waals surface area contributed by atoms with Crippen molar-refractivity contribution in [3.63, 3.8) is 0 Å². The summed E-state index contributed by atoms with van der Waals surface area (Å²) in [6.07, 6.45) is 6.34. The van der Waals surface area contributed by atoms with E-state index in [2.05, 4.69) is 46.2 Å². The van der Waals surface area contributed by atoms with Gasteiger partial charge in [0.2, 0.25) is 0 Å². The third-order valence-electron chi connectivity index (χ3n) is 4.61. The Morgan fingerprint density at radius 1 is 1.26 bits per heavy atom. The molecule has 1 fully saturated rings. The molecule has 0 unspecified atom stereocenters. The van der Waals surface area contributed by atoms with Crippen LogP contribution in [0.1, 0.15) is 44.5 Å². The van der Waals surface area contributed by atoms with Crippen LogP contribution in [0.2, 0.25) is 0 Å². The molecular weight excluding hydrogens is 288 g/mol. The van der Waals surface area contributed by atoms with Gasteiger partial charge >= 0.3 is 0 Å². The molecule has 0 saturated carbocycles. The third kappa shape index (κ3) is 3.37. The summed E-state index contributed by atoms with van der Waals surface area (Å²) in [4.78, 5) is 7.01. The van der Waals surface area contributed by atoms with E-state index in [-0.39, 0.29) is 0 Å².